The lowest BCUT2D eigenvalue weighted by Crippen LogP contribution is -2.46. The molecule has 1 atom stereocenters. The Morgan fingerprint density at radius 1 is 1.16 bits per heavy atom. The molecule has 3 rings (SSSR count). The Bertz CT molecular complexity index is 786. The van der Waals surface area contributed by atoms with Gasteiger partial charge in [0.2, 0.25) is 10.0 Å². The van der Waals surface area contributed by atoms with Gasteiger partial charge in [-0.25, -0.2) is 8.42 Å². The topological polar surface area (TPSA) is 55.2 Å². The van der Waals surface area contributed by atoms with Crippen LogP contribution < -0.4 is 0 Å². The largest absolute Gasteiger partial charge is 0.263 e. The van der Waals surface area contributed by atoms with E-state index in [1.165, 1.54) is 0 Å². The molecule has 0 radical (unpaired) electrons. The van der Waals surface area contributed by atoms with Crippen LogP contribution in [0.2, 0.25) is 0 Å². The second kappa shape index (κ2) is 6.23. The molecular formula is C19H31N3O2S. The summed E-state index contributed by atoms with van der Waals surface area (Å²) in [5.41, 5.74) is 1.24. The van der Waals surface area contributed by atoms with E-state index in [1.807, 2.05) is 39.3 Å². The number of sulfonamides is 1. The summed E-state index contributed by atoms with van der Waals surface area (Å²) in [6, 6.07) is 0. The molecule has 0 bridgehead atoms. The fraction of sp³-hybridized carbons (Fsp3) is 0.737. The molecule has 0 amide bonds. The quantitative estimate of drug-likeness (QED) is 0.750. The Morgan fingerprint density at radius 2 is 1.88 bits per heavy atom. The van der Waals surface area contributed by atoms with Crippen molar-refractivity contribution in [3.63, 3.8) is 0 Å². The molecule has 2 aliphatic rings. The van der Waals surface area contributed by atoms with Crippen molar-refractivity contribution < 1.29 is 8.42 Å². The van der Waals surface area contributed by atoms with E-state index in [0.29, 0.717) is 23.7 Å². The van der Waals surface area contributed by atoms with Gasteiger partial charge in [-0.2, -0.15) is 9.40 Å². The number of hydrogen-bond acceptors (Lipinski definition) is 3. The first-order chi connectivity index (χ1) is 11.6. The molecule has 1 aromatic rings. The van der Waals surface area contributed by atoms with Gasteiger partial charge in [0.1, 0.15) is 4.90 Å². The second-order valence-electron chi connectivity index (χ2n) is 8.74. The van der Waals surface area contributed by atoms with Gasteiger partial charge in [0.05, 0.1) is 16.9 Å². The standard InChI is InChI=1S/C19H31N3O2S/c1-15-17(16(2)22(20-15)18(3,4)5)25(23,24)21-13-9-12-19(14-21)10-7-6-8-11-19/h6-7H,8-14H2,1-5H3. The molecule has 0 N–H and O–H groups in total. The number of aromatic nitrogens is 2. The van der Waals surface area contributed by atoms with Crippen LogP contribution in [0.5, 0.6) is 0 Å². The fourth-order valence-electron chi connectivity index (χ4n) is 4.47. The summed E-state index contributed by atoms with van der Waals surface area (Å²) in [5.74, 6) is 0. The summed E-state index contributed by atoms with van der Waals surface area (Å²) < 4.78 is 30.5. The highest BCUT2D eigenvalue weighted by molar-refractivity contribution is 7.89. The Balaban J connectivity index is 1.97. The first-order valence-corrected chi connectivity index (χ1v) is 10.7. The molecule has 1 spiro atoms. The van der Waals surface area contributed by atoms with E-state index in [2.05, 4.69) is 17.3 Å². The molecule has 1 saturated heterocycles. The van der Waals surface area contributed by atoms with E-state index in [4.69, 9.17) is 0 Å². The van der Waals surface area contributed by atoms with Gasteiger partial charge >= 0.3 is 0 Å². The minimum atomic E-state index is -3.51. The van der Waals surface area contributed by atoms with Crippen LogP contribution in [0, 0.1) is 19.3 Å². The maximum atomic E-state index is 13.4. The molecule has 1 aliphatic heterocycles. The number of allylic oxidation sites excluding steroid dienone is 2. The van der Waals surface area contributed by atoms with E-state index in [1.54, 1.807) is 4.31 Å². The molecule has 0 aromatic carbocycles. The van der Waals surface area contributed by atoms with Crippen molar-refractivity contribution in [1.82, 2.24) is 14.1 Å². The van der Waals surface area contributed by atoms with E-state index in [-0.39, 0.29) is 11.0 Å². The molecule has 5 nitrogen and oxygen atoms in total. The van der Waals surface area contributed by atoms with Crippen molar-refractivity contribution >= 4 is 10.0 Å². The molecule has 1 aliphatic carbocycles. The first kappa shape index (κ1) is 18.6. The van der Waals surface area contributed by atoms with E-state index in [0.717, 1.165) is 37.8 Å². The number of rotatable bonds is 2. The number of nitrogens with zero attached hydrogens (tertiary/aromatic N) is 3. The highest BCUT2D eigenvalue weighted by Crippen LogP contribution is 2.42. The molecule has 1 aromatic heterocycles. The first-order valence-electron chi connectivity index (χ1n) is 9.29. The van der Waals surface area contributed by atoms with Crippen molar-refractivity contribution in [3.8, 4) is 0 Å². The minimum Gasteiger partial charge on any atom is -0.263 e. The number of piperidine rings is 1. The van der Waals surface area contributed by atoms with Crippen molar-refractivity contribution in [1.29, 1.82) is 0 Å². The minimum absolute atomic E-state index is 0.127. The summed E-state index contributed by atoms with van der Waals surface area (Å²) in [6.45, 7) is 11.1. The maximum Gasteiger partial charge on any atom is 0.246 e. The summed E-state index contributed by atoms with van der Waals surface area (Å²) in [7, 11) is -3.51. The number of hydrogen-bond donors (Lipinski definition) is 0. The van der Waals surface area contributed by atoms with Crippen LogP contribution in [-0.4, -0.2) is 35.6 Å². The Kier molecular flexibility index (Phi) is 4.65. The zero-order chi connectivity index (χ0) is 18.5. The normalized spacial score (nSPS) is 25.6. The average molecular weight is 366 g/mol. The summed E-state index contributed by atoms with van der Waals surface area (Å²) in [6.07, 6.45) is 9.68. The van der Waals surface area contributed by atoms with Crippen LogP contribution in [0.1, 0.15) is 64.3 Å². The molecular weight excluding hydrogens is 334 g/mol. The van der Waals surface area contributed by atoms with Gasteiger partial charge < -0.3 is 0 Å². The van der Waals surface area contributed by atoms with E-state index < -0.39 is 10.0 Å². The smallest absolute Gasteiger partial charge is 0.246 e. The van der Waals surface area contributed by atoms with E-state index in [9.17, 15) is 8.42 Å². The van der Waals surface area contributed by atoms with Crippen LogP contribution in [-0.2, 0) is 15.6 Å². The fourth-order valence-corrected chi connectivity index (χ4v) is 6.41. The van der Waals surface area contributed by atoms with Gasteiger partial charge in [0, 0.05) is 13.1 Å². The molecule has 0 saturated carbocycles. The van der Waals surface area contributed by atoms with Crippen molar-refractivity contribution in [2.45, 2.75) is 77.2 Å². The van der Waals surface area contributed by atoms with Crippen LogP contribution >= 0.6 is 0 Å². The summed E-state index contributed by atoms with van der Waals surface area (Å²) >= 11 is 0. The number of aryl methyl sites for hydroxylation is 1. The van der Waals surface area contributed by atoms with Crippen LogP contribution in [0.4, 0.5) is 0 Å². The molecule has 1 fully saturated rings. The van der Waals surface area contributed by atoms with Crippen molar-refractivity contribution in [2.24, 2.45) is 5.41 Å². The predicted molar refractivity (Wildman–Crippen MR) is 100 cm³/mol. The highest BCUT2D eigenvalue weighted by atomic mass is 32.2. The lowest BCUT2D eigenvalue weighted by atomic mass is 9.72. The van der Waals surface area contributed by atoms with Gasteiger partial charge in [-0.15, -0.1) is 0 Å². The Hall–Kier alpha value is -1.14. The third-order valence-corrected chi connectivity index (χ3v) is 7.74. The lowest BCUT2D eigenvalue weighted by molar-refractivity contribution is 0.132. The predicted octanol–water partition coefficient (Wildman–Crippen LogP) is 3.77. The van der Waals surface area contributed by atoms with Gasteiger partial charge in [-0.3, -0.25) is 4.68 Å². The zero-order valence-corrected chi connectivity index (χ0v) is 17.0. The van der Waals surface area contributed by atoms with Gasteiger partial charge in [-0.05, 0) is 72.1 Å². The SMILES string of the molecule is Cc1nn(C(C)(C)C)c(C)c1S(=O)(=O)N1CCCC2(CC=CCC2)C1. The van der Waals surface area contributed by atoms with Crippen LogP contribution in [0.3, 0.4) is 0 Å². The Morgan fingerprint density at radius 3 is 2.44 bits per heavy atom. The molecule has 25 heavy (non-hydrogen) atoms. The monoisotopic (exact) mass is 365 g/mol. The zero-order valence-electron chi connectivity index (χ0n) is 16.2. The van der Waals surface area contributed by atoms with Gasteiger partial charge in [0.25, 0.3) is 0 Å². The van der Waals surface area contributed by atoms with Crippen LogP contribution in [0.25, 0.3) is 0 Å². The lowest BCUT2D eigenvalue weighted by Gasteiger charge is -2.43. The third-order valence-electron chi connectivity index (χ3n) is 5.64. The Labute approximate surface area is 152 Å². The second-order valence-corrected chi connectivity index (χ2v) is 10.6. The molecule has 2 heterocycles. The van der Waals surface area contributed by atoms with Gasteiger partial charge in [-0.1, -0.05) is 12.2 Å². The molecule has 1 unspecified atom stereocenters. The molecule has 6 heteroatoms. The summed E-state index contributed by atoms with van der Waals surface area (Å²) in [4.78, 5) is 0.408. The van der Waals surface area contributed by atoms with E-state index >= 15 is 0 Å². The highest BCUT2D eigenvalue weighted by Gasteiger charge is 2.41. The van der Waals surface area contributed by atoms with Gasteiger partial charge in [0.15, 0.2) is 0 Å². The van der Waals surface area contributed by atoms with Crippen molar-refractivity contribution in [3.05, 3.63) is 23.5 Å². The average Bonchev–Trinajstić information content (AvgIpc) is 2.83. The molecule has 140 valence electrons. The van der Waals surface area contributed by atoms with Crippen LogP contribution in [0.15, 0.2) is 17.0 Å². The van der Waals surface area contributed by atoms with Crippen molar-refractivity contribution in [2.75, 3.05) is 13.1 Å². The third kappa shape index (κ3) is 3.31. The maximum absolute atomic E-state index is 13.4. The summed E-state index contributed by atoms with van der Waals surface area (Å²) in [5, 5.41) is 4.55.